The van der Waals surface area contributed by atoms with Gasteiger partial charge < -0.3 is 4.74 Å². The Morgan fingerprint density at radius 2 is 1.89 bits per heavy atom. The predicted molar refractivity (Wildman–Crippen MR) is 74.0 cm³/mol. The van der Waals surface area contributed by atoms with Gasteiger partial charge in [0, 0.05) is 4.88 Å². The van der Waals surface area contributed by atoms with E-state index in [1.807, 2.05) is 42.5 Å². The molecule has 2 aromatic rings. The second-order valence-electron chi connectivity index (χ2n) is 4.42. The lowest BCUT2D eigenvalue weighted by atomic mass is 10.2. The monoisotopic (exact) mass is 260 g/mol. The molecule has 3 heteroatoms. The summed E-state index contributed by atoms with van der Waals surface area (Å²) in [5, 5.41) is 0. The number of hydrogen-bond acceptors (Lipinski definition) is 3. The van der Waals surface area contributed by atoms with E-state index in [-0.39, 0.29) is 5.97 Å². The molecule has 0 fully saturated rings. The standard InChI is InChI=1S/C15H16O2S/c1-11(2)13-8-9-14(18-13)15(16)17-10-12-6-4-3-5-7-12/h3-9,11H,10H2,1-2H3. The molecule has 0 radical (unpaired) electrons. The van der Waals surface area contributed by atoms with E-state index in [9.17, 15) is 4.79 Å². The second kappa shape index (κ2) is 5.83. The van der Waals surface area contributed by atoms with Crippen molar-refractivity contribution in [2.45, 2.75) is 26.4 Å². The van der Waals surface area contributed by atoms with Crippen LogP contribution in [0.3, 0.4) is 0 Å². The fourth-order valence-electron chi connectivity index (χ4n) is 1.57. The third-order valence-corrected chi connectivity index (χ3v) is 3.98. The summed E-state index contributed by atoms with van der Waals surface area (Å²) in [6.07, 6.45) is 0. The molecule has 0 spiro atoms. The first kappa shape index (κ1) is 12.8. The van der Waals surface area contributed by atoms with Crippen molar-refractivity contribution in [3.63, 3.8) is 0 Å². The predicted octanol–water partition coefficient (Wildman–Crippen LogP) is 4.23. The van der Waals surface area contributed by atoms with E-state index in [0.717, 1.165) is 5.56 Å². The summed E-state index contributed by atoms with van der Waals surface area (Å²) in [5.74, 6) is 0.210. The molecule has 2 nitrogen and oxygen atoms in total. The van der Waals surface area contributed by atoms with E-state index in [1.165, 1.54) is 16.2 Å². The fraction of sp³-hybridized carbons (Fsp3) is 0.267. The Kier molecular flexibility index (Phi) is 4.15. The molecular formula is C15H16O2S. The Balaban J connectivity index is 1.95. The van der Waals surface area contributed by atoms with Gasteiger partial charge in [-0.1, -0.05) is 44.2 Å². The maximum atomic E-state index is 11.8. The first-order valence-corrected chi connectivity index (χ1v) is 6.79. The van der Waals surface area contributed by atoms with Crippen LogP contribution in [0.15, 0.2) is 42.5 Å². The van der Waals surface area contributed by atoms with E-state index < -0.39 is 0 Å². The van der Waals surface area contributed by atoms with Crippen LogP contribution >= 0.6 is 11.3 Å². The molecule has 0 aliphatic rings. The number of carbonyl (C=O) groups is 1. The first-order chi connectivity index (χ1) is 8.66. The minimum absolute atomic E-state index is 0.240. The van der Waals surface area contributed by atoms with Gasteiger partial charge in [-0.05, 0) is 23.6 Å². The zero-order valence-corrected chi connectivity index (χ0v) is 11.4. The minimum Gasteiger partial charge on any atom is -0.457 e. The Morgan fingerprint density at radius 1 is 1.17 bits per heavy atom. The highest BCUT2D eigenvalue weighted by atomic mass is 32.1. The molecule has 0 aliphatic carbocycles. The van der Waals surface area contributed by atoms with Gasteiger partial charge in [0.2, 0.25) is 0 Å². The van der Waals surface area contributed by atoms with Crippen molar-refractivity contribution >= 4 is 17.3 Å². The highest BCUT2D eigenvalue weighted by Crippen LogP contribution is 2.24. The molecular weight excluding hydrogens is 244 g/mol. The molecule has 18 heavy (non-hydrogen) atoms. The van der Waals surface area contributed by atoms with Crippen molar-refractivity contribution < 1.29 is 9.53 Å². The van der Waals surface area contributed by atoms with Crippen LogP contribution in [0.2, 0.25) is 0 Å². The highest BCUT2D eigenvalue weighted by molar-refractivity contribution is 7.14. The van der Waals surface area contributed by atoms with Gasteiger partial charge in [-0.3, -0.25) is 0 Å². The normalized spacial score (nSPS) is 10.6. The van der Waals surface area contributed by atoms with Gasteiger partial charge in [-0.15, -0.1) is 11.3 Å². The fourth-order valence-corrected chi connectivity index (χ4v) is 2.47. The number of benzene rings is 1. The molecule has 0 amide bonds. The maximum absolute atomic E-state index is 11.8. The molecule has 1 aromatic heterocycles. The van der Waals surface area contributed by atoms with E-state index in [2.05, 4.69) is 13.8 Å². The molecule has 1 heterocycles. The lowest BCUT2D eigenvalue weighted by Crippen LogP contribution is -2.02. The number of rotatable bonds is 4. The molecule has 0 bridgehead atoms. The SMILES string of the molecule is CC(C)c1ccc(C(=O)OCc2ccccc2)s1. The van der Waals surface area contributed by atoms with E-state index >= 15 is 0 Å². The zero-order chi connectivity index (χ0) is 13.0. The molecule has 1 aromatic carbocycles. The van der Waals surface area contributed by atoms with Crippen molar-refractivity contribution in [3.8, 4) is 0 Å². The van der Waals surface area contributed by atoms with Gasteiger partial charge in [0.1, 0.15) is 11.5 Å². The van der Waals surface area contributed by atoms with Crippen LogP contribution in [0.5, 0.6) is 0 Å². The van der Waals surface area contributed by atoms with Crippen molar-refractivity contribution in [3.05, 3.63) is 57.8 Å². The van der Waals surface area contributed by atoms with Crippen LogP contribution in [0.1, 0.15) is 39.9 Å². The average Bonchev–Trinajstić information content (AvgIpc) is 2.87. The van der Waals surface area contributed by atoms with Crippen LogP contribution in [-0.4, -0.2) is 5.97 Å². The largest absolute Gasteiger partial charge is 0.457 e. The number of esters is 1. The van der Waals surface area contributed by atoms with Gasteiger partial charge in [0.05, 0.1) is 0 Å². The van der Waals surface area contributed by atoms with Gasteiger partial charge in [0.25, 0.3) is 0 Å². The molecule has 0 atom stereocenters. The second-order valence-corrected chi connectivity index (χ2v) is 5.53. The summed E-state index contributed by atoms with van der Waals surface area (Å²) in [7, 11) is 0. The number of carbonyl (C=O) groups excluding carboxylic acids is 1. The van der Waals surface area contributed by atoms with Gasteiger partial charge >= 0.3 is 5.97 Å². The van der Waals surface area contributed by atoms with Crippen LogP contribution < -0.4 is 0 Å². The van der Waals surface area contributed by atoms with E-state index in [1.54, 1.807) is 0 Å². The Labute approximate surface area is 111 Å². The van der Waals surface area contributed by atoms with E-state index in [4.69, 9.17) is 4.74 Å². The minimum atomic E-state index is -0.240. The Morgan fingerprint density at radius 3 is 2.50 bits per heavy atom. The number of ether oxygens (including phenoxy) is 1. The Hall–Kier alpha value is -1.61. The summed E-state index contributed by atoms with van der Waals surface area (Å²) < 4.78 is 5.28. The van der Waals surface area contributed by atoms with Crippen molar-refractivity contribution in [1.29, 1.82) is 0 Å². The Bertz CT molecular complexity index is 514. The van der Waals surface area contributed by atoms with Crippen LogP contribution in [0.4, 0.5) is 0 Å². The smallest absolute Gasteiger partial charge is 0.348 e. The summed E-state index contributed by atoms with van der Waals surface area (Å²) in [6.45, 7) is 4.56. The number of thiophene rings is 1. The topological polar surface area (TPSA) is 26.3 Å². The van der Waals surface area contributed by atoms with Crippen molar-refractivity contribution in [1.82, 2.24) is 0 Å². The van der Waals surface area contributed by atoms with E-state index in [0.29, 0.717) is 17.4 Å². The molecule has 2 rings (SSSR count). The molecule has 0 N–H and O–H groups in total. The lowest BCUT2D eigenvalue weighted by molar-refractivity contribution is 0.0478. The van der Waals surface area contributed by atoms with Crippen LogP contribution in [0, 0.1) is 0 Å². The van der Waals surface area contributed by atoms with Crippen LogP contribution in [-0.2, 0) is 11.3 Å². The van der Waals surface area contributed by atoms with Crippen molar-refractivity contribution in [2.24, 2.45) is 0 Å². The molecule has 0 saturated carbocycles. The summed E-state index contributed by atoms with van der Waals surface area (Å²) in [6, 6.07) is 13.5. The van der Waals surface area contributed by atoms with Crippen molar-refractivity contribution in [2.75, 3.05) is 0 Å². The summed E-state index contributed by atoms with van der Waals surface area (Å²) >= 11 is 1.51. The quantitative estimate of drug-likeness (QED) is 0.769. The van der Waals surface area contributed by atoms with Gasteiger partial charge in [-0.25, -0.2) is 4.79 Å². The first-order valence-electron chi connectivity index (χ1n) is 5.97. The molecule has 0 aliphatic heterocycles. The summed E-state index contributed by atoms with van der Waals surface area (Å²) in [4.78, 5) is 13.7. The lowest BCUT2D eigenvalue weighted by Gasteiger charge is -2.03. The third-order valence-electron chi connectivity index (χ3n) is 2.61. The molecule has 94 valence electrons. The summed E-state index contributed by atoms with van der Waals surface area (Å²) in [5.41, 5.74) is 1.01. The van der Waals surface area contributed by atoms with Gasteiger partial charge in [0.15, 0.2) is 0 Å². The highest BCUT2D eigenvalue weighted by Gasteiger charge is 2.12. The zero-order valence-electron chi connectivity index (χ0n) is 10.6. The van der Waals surface area contributed by atoms with Crippen LogP contribution in [0.25, 0.3) is 0 Å². The molecule has 0 unspecified atom stereocenters. The molecule has 0 saturated heterocycles. The average molecular weight is 260 g/mol. The third kappa shape index (κ3) is 3.20. The van der Waals surface area contributed by atoms with Gasteiger partial charge in [-0.2, -0.15) is 0 Å². The number of hydrogen-bond donors (Lipinski definition) is 0. The maximum Gasteiger partial charge on any atom is 0.348 e.